The van der Waals surface area contributed by atoms with Crippen molar-refractivity contribution in [2.45, 2.75) is 29.5 Å². The third-order valence-electron chi connectivity index (χ3n) is 6.01. The zero-order chi connectivity index (χ0) is 25.9. The van der Waals surface area contributed by atoms with Crippen molar-refractivity contribution in [3.63, 3.8) is 0 Å². The van der Waals surface area contributed by atoms with Gasteiger partial charge >= 0.3 is 0 Å². The van der Waals surface area contributed by atoms with E-state index in [1.807, 2.05) is 0 Å². The number of methoxy groups -OCH3 is 1. The summed E-state index contributed by atoms with van der Waals surface area (Å²) in [5.41, 5.74) is 8.58. The number of carbonyl (C=O) groups excluding carboxylic acids is 2. The molecule has 1 unspecified atom stereocenters. The van der Waals surface area contributed by atoms with Crippen molar-refractivity contribution in [1.82, 2.24) is 10.2 Å². The predicted molar refractivity (Wildman–Crippen MR) is 139 cm³/mol. The third-order valence-corrected chi connectivity index (χ3v) is 8.05. The van der Waals surface area contributed by atoms with Crippen molar-refractivity contribution in [2.24, 2.45) is 5.73 Å². The van der Waals surface area contributed by atoms with E-state index in [9.17, 15) is 14.9 Å². The molecule has 1 aromatic carbocycles. The molecule has 2 aliphatic rings. The largest absolute Gasteiger partial charge is 0.497 e. The number of Topliss-reactive ketones (excluding diaryl/α,β-unsaturated/α-hetero) is 1. The number of nitrogens with one attached hydrogen (secondary N) is 1. The van der Waals surface area contributed by atoms with Crippen LogP contribution in [0.4, 0.5) is 10.8 Å². The molecule has 0 spiro atoms. The number of ether oxygens (including phenoxy) is 1. The summed E-state index contributed by atoms with van der Waals surface area (Å²) in [7, 11) is 1.56. The number of nitrogens with zero attached hydrogens (tertiary/aromatic N) is 4. The number of anilines is 2. The summed E-state index contributed by atoms with van der Waals surface area (Å²) in [6.07, 6.45) is 3.17. The SMILES string of the molecule is COc1cccc(NC(=O)CSc2nnc(N3C(N)=C(C#N)C(c4ccco4)C4=C3CCCC4=O)s2)c1. The van der Waals surface area contributed by atoms with Gasteiger partial charge < -0.3 is 20.2 Å². The molecule has 3 heterocycles. The quantitative estimate of drug-likeness (QED) is 0.423. The second-order valence-corrected chi connectivity index (χ2v) is 10.4. The first kappa shape index (κ1) is 24.6. The maximum Gasteiger partial charge on any atom is 0.234 e. The lowest BCUT2D eigenvalue weighted by Gasteiger charge is -2.37. The molecule has 0 saturated heterocycles. The molecule has 1 atom stereocenters. The molecule has 1 aliphatic heterocycles. The normalized spacial score (nSPS) is 17.5. The van der Waals surface area contributed by atoms with E-state index in [4.69, 9.17) is 14.9 Å². The van der Waals surface area contributed by atoms with Crippen LogP contribution in [0.3, 0.4) is 0 Å². The number of benzene rings is 1. The zero-order valence-corrected chi connectivity index (χ0v) is 21.4. The van der Waals surface area contributed by atoms with Gasteiger partial charge in [-0.2, -0.15) is 5.26 Å². The summed E-state index contributed by atoms with van der Waals surface area (Å²) in [4.78, 5) is 27.2. The summed E-state index contributed by atoms with van der Waals surface area (Å²) in [5.74, 6) is 0.560. The monoisotopic (exact) mass is 534 g/mol. The van der Waals surface area contributed by atoms with Gasteiger partial charge in [0.1, 0.15) is 17.3 Å². The van der Waals surface area contributed by atoms with Crippen LogP contribution in [0.15, 0.2) is 74.1 Å². The van der Waals surface area contributed by atoms with Crippen molar-refractivity contribution in [2.75, 3.05) is 23.1 Å². The molecule has 37 heavy (non-hydrogen) atoms. The molecule has 12 heteroatoms. The van der Waals surface area contributed by atoms with E-state index < -0.39 is 5.92 Å². The number of aromatic nitrogens is 2. The number of allylic oxidation sites excluding steroid dienone is 3. The van der Waals surface area contributed by atoms with Crippen molar-refractivity contribution in [1.29, 1.82) is 5.26 Å². The topological polar surface area (TPSA) is 147 Å². The first-order valence-corrected chi connectivity index (χ1v) is 13.2. The van der Waals surface area contributed by atoms with E-state index in [2.05, 4.69) is 21.6 Å². The smallest absolute Gasteiger partial charge is 0.234 e. The number of nitrogens with two attached hydrogens (primary N) is 1. The lowest BCUT2D eigenvalue weighted by Crippen LogP contribution is -2.38. The van der Waals surface area contributed by atoms with E-state index >= 15 is 0 Å². The van der Waals surface area contributed by atoms with Crippen LogP contribution in [-0.2, 0) is 9.59 Å². The minimum absolute atomic E-state index is 0.0405. The van der Waals surface area contributed by atoms with E-state index in [0.717, 1.165) is 0 Å². The Hall–Kier alpha value is -4.08. The Morgan fingerprint density at radius 2 is 2.22 bits per heavy atom. The molecule has 3 N–H and O–H groups in total. The number of carbonyl (C=O) groups is 2. The number of ketones is 1. The number of nitriles is 1. The molecule has 0 radical (unpaired) electrons. The van der Waals surface area contributed by atoms with Crippen LogP contribution in [0.2, 0.25) is 0 Å². The number of rotatable bonds is 7. The fourth-order valence-electron chi connectivity index (χ4n) is 4.42. The van der Waals surface area contributed by atoms with Gasteiger partial charge in [0, 0.05) is 29.4 Å². The van der Waals surface area contributed by atoms with Gasteiger partial charge in [-0.3, -0.25) is 14.5 Å². The molecule has 188 valence electrons. The molecule has 2 aromatic heterocycles. The van der Waals surface area contributed by atoms with E-state index in [-0.39, 0.29) is 28.8 Å². The van der Waals surface area contributed by atoms with Gasteiger partial charge in [-0.1, -0.05) is 29.2 Å². The zero-order valence-electron chi connectivity index (χ0n) is 19.8. The Morgan fingerprint density at radius 1 is 1.35 bits per heavy atom. The Balaban J connectivity index is 1.38. The van der Waals surface area contributed by atoms with Gasteiger partial charge in [0.2, 0.25) is 11.0 Å². The molecule has 3 aromatic rings. The average Bonchev–Trinajstić information content (AvgIpc) is 3.60. The Bertz CT molecular complexity index is 1450. The van der Waals surface area contributed by atoms with Crippen molar-refractivity contribution in [3.8, 4) is 11.8 Å². The molecular weight excluding hydrogens is 512 g/mol. The maximum absolute atomic E-state index is 13.1. The minimum Gasteiger partial charge on any atom is -0.497 e. The molecule has 1 aliphatic carbocycles. The predicted octanol–water partition coefficient (Wildman–Crippen LogP) is 4.18. The summed E-state index contributed by atoms with van der Waals surface area (Å²) >= 11 is 2.47. The molecule has 1 amide bonds. The number of hydrogen-bond acceptors (Lipinski definition) is 11. The van der Waals surface area contributed by atoms with Crippen LogP contribution in [0, 0.1) is 11.3 Å². The molecule has 5 rings (SSSR count). The van der Waals surface area contributed by atoms with Gasteiger partial charge in [-0.05, 0) is 37.1 Å². The van der Waals surface area contributed by atoms with Gasteiger partial charge in [-0.15, -0.1) is 10.2 Å². The summed E-state index contributed by atoms with van der Waals surface area (Å²) in [6, 6.07) is 12.7. The van der Waals surface area contributed by atoms with Crippen molar-refractivity contribution >= 4 is 45.6 Å². The number of hydrogen-bond donors (Lipinski definition) is 2. The first-order valence-electron chi connectivity index (χ1n) is 11.4. The van der Waals surface area contributed by atoms with E-state index in [0.29, 0.717) is 57.2 Å². The summed E-state index contributed by atoms with van der Waals surface area (Å²) in [5, 5.41) is 21.7. The van der Waals surface area contributed by atoms with Crippen LogP contribution < -0.4 is 20.7 Å². The van der Waals surface area contributed by atoms with Crippen LogP contribution >= 0.6 is 23.1 Å². The highest BCUT2D eigenvalue weighted by Gasteiger charge is 2.42. The molecule has 0 saturated carbocycles. The Kier molecular flexibility index (Phi) is 6.98. The van der Waals surface area contributed by atoms with Crippen molar-refractivity contribution < 1.29 is 18.7 Å². The summed E-state index contributed by atoms with van der Waals surface area (Å²) < 4.78 is 11.3. The van der Waals surface area contributed by atoms with Crippen LogP contribution in [0.1, 0.15) is 30.9 Å². The second-order valence-electron chi connectivity index (χ2n) is 8.25. The van der Waals surface area contributed by atoms with Gasteiger partial charge in [0.25, 0.3) is 0 Å². The van der Waals surface area contributed by atoms with E-state index in [1.54, 1.807) is 48.4 Å². The summed E-state index contributed by atoms with van der Waals surface area (Å²) in [6.45, 7) is 0. The van der Waals surface area contributed by atoms with Gasteiger partial charge in [0.05, 0.1) is 36.7 Å². The highest BCUT2D eigenvalue weighted by atomic mass is 32.2. The van der Waals surface area contributed by atoms with Crippen LogP contribution in [-0.4, -0.2) is 34.8 Å². The maximum atomic E-state index is 13.1. The molecular formula is C25H22N6O4S2. The average molecular weight is 535 g/mol. The number of amides is 1. The van der Waals surface area contributed by atoms with Crippen LogP contribution in [0.5, 0.6) is 5.75 Å². The highest BCUT2D eigenvalue weighted by Crippen LogP contribution is 2.47. The minimum atomic E-state index is -0.652. The fraction of sp³-hybridized carbons (Fsp3) is 0.240. The Labute approximate surface area is 220 Å². The standard InChI is InChI=1S/C25H22N6O4S2/c1-34-15-6-2-5-14(11-15)28-20(33)13-36-25-30-29-24(37-25)31-17-7-3-8-18(32)22(17)21(16(12-26)23(31)27)19-9-4-10-35-19/h2,4-6,9-11,21H,3,7-8,13,27H2,1H3,(H,28,33). The molecule has 0 fully saturated rings. The van der Waals surface area contributed by atoms with Crippen molar-refractivity contribution in [3.05, 3.63) is 71.1 Å². The van der Waals surface area contributed by atoms with Gasteiger partial charge in [-0.25, -0.2) is 0 Å². The Morgan fingerprint density at radius 3 is 2.97 bits per heavy atom. The number of furan rings is 1. The lowest BCUT2D eigenvalue weighted by atomic mass is 9.78. The van der Waals surface area contributed by atoms with Gasteiger partial charge in [0.15, 0.2) is 10.1 Å². The fourth-order valence-corrected chi connectivity index (χ4v) is 6.10. The second kappa shape index (κ2) is 10.5. The number of thioether (sulfide) groups is 1. The molecule has 10 nitrogen and oxygen atoms in total. The first-order chi connectivity index (χ1) is 18.0. The molecule has 0 bridgehead atoms. The lowest BCUT2D eigenvalue weighted by molar-refractivity contribution is -0.116. The third kappa shape index (κ3) is 4.83. The highest BCUT2D eigenvalue weighted by molar-refractivity contribution is 8.01. The van der Waals surface area contributed by atoms with Crippen LogP contribution in [0.25, 0.3) is 0 Å². The van der Waals surface area contributed by atoms with E-state index in [1.165, 1.54) is 29.4 Å².